The van der Waals surface area contributed by atoms with Crippen LogP contribution in [0.3, 0.4) is 0 Å². The van der Waals surface area contributed by atoms with Crippen LogP contribution in [0.4, 0.5) is 22.7 Å². The minimum absolute atomic E-state index is 0.0994. The van der Waals surface area contributed by atoms with Crippen LogP contribution < -0.4 is 20.3 Å². The Balaban J connectivity index is 1.50. The van der Waals surface area contributed by atoms with Gasteiger partial charge in [-0.3, -0.25) is 14.5 Å². The highest BCUT2D eigenvalue weighted by atomic mass is 32.2. The van der Waals surface area contributed by atoms with Crippen molar-refractivity contribution < 1.29 is 14.3 Å². The molecule has 0 spiro atoms. The highest BCUT2D eigenvalue weighted by molar-refractivity contribution is 8.19. The lowest BCUT2D eigenvalue weighted by Crippen LogP contribution is -2.29. The smallest absolute Gasteiger partial charge is 0.269 e. The van der Waals surface area contributed by atoms with Crippen molar-refractivity contribution in [2.75, 3.05) is 77.0 Å². The Morgan fingerprint density at radius 1 is 0.978 bits per heavy atom. The lowest BCUT2D eigenvalue weighted by Gasteiger charge is -2.18. The van der Waals surface area contributed by atoms with Gasteiger partial charge in [-0.1, -0.05) is 42.1 Å². The molecule has 12 heteroatoms. The van der Waals surface area contributed by atoms with Crippen molar-refractivity contribution in [2.45, 2.75) is 18.4 Å². The van der Waals surface area contributed by atoms with Gasteiger partial charge in [0.15, 0.2) is 5.17 Å². The van der Waals surface area contributed by atoms with Crippen molar-refractivity contribution in [2.24, 2.45) is 4.99 Å². The summed E-state index contributed by atoms with van der Waals surface area (Å²) in [6.07, 6.45) is 0. The van der Waals surface area contributed by atoms with E-state index in [0.29, 0.717) is 41.1 Å². The molecule has 0 aromatic heterocycles. The molecule has 2 heterocycles. The maximum Gasteiger partial charge on any atom is 0.269 e. The topological polar surface area (TPSA) is 92.7 Å². The molecule has 0 radical (unpaired) electrons. The summed E-state index contributed by atoms with van der Waals surface area (Å²) in [5.74, 6) is 0.582. The number of carbonyl (C=O) groups excluding carboxylic acids is 2. The molecular weight excluding hydrogens is 619 g/mol. The van der Waals surface area contributed by atoms with E-state index in [0.717, 1.165) is 39.2 Å². The fourth-order valence-corrected chi connectivity index (χ4v) is 7.23. The number of benzene rings is 3. The van der Waals surface area contributed by atoms with Crippen molar-refractivity contribution in [3.63, 3.8) is 0 Å². The van der Waals surface area contributed by atoms with E-state index in [1.807, 2.05) is 108 Å². The molecule has 2 aliphatic heterocycles. The summed E-state index contributed by atoms with van der Waals surface area (Å²) in [5, 5.41) is 7.76. The fraction of sp³-hybridized carbons (Fsp3) is 0.324. The summed E-state index contributed by atoms with van der Waals surface area (Å²) in [7, 11) is 9.73. The molecule has 0 unspecified atom stereocenters. The molecule has 10 nitrogen and oxygen atoms in total. The van der Waals surface area contributed by atoms with Crippen molar-refractivity contribution in [3.8, 4) is 5.75 Å². The molecular formula is C34H41N7O3S2. The van der Waals surface area contributed by atoms with Gasteiger partial charge in [0.2, 0.25) is 5.91 Å². The molecule has 3 aromatic carbocycles. The molecule has 1 fully saturated rings. The zero-order valence-electron chi connectivity index (χ0n) is 27.2. The molecule has 1 saturated heterocycles. The summed E-state index contributed by atoms with van der Waals surface area (Å²) >= 11 is 2.95. The molecule has 0 atom stereocenters. The Hall–Kier alpha value is -3.97. The van der Waals surface area contributed by atoms with Crippen molar-refractivity contribution in [1.82, 2.24) is 14.7 Å². The minimum atomic E-state index is -0.116. The highest BCUT2D eigenvalue weighted by Crippen LogP contribution is 2.51. The van der Waals surface area contributed by atoms with E-state index in [2.05, 4.69) is 26.5 Å². The molecule has 2 aliphatic rings. The molecule has 2 N–H and O–H groups in total. The van der Waals surface area contributed by atoms with Crippen molar-refractivity contribution in [1.29, 1.82) is 0 Å². The third-order valence-electron chi connectivity index (χ3n) is 7.18. The molecule has 0 bridgehead atoms. The maximum absolute atomic E-state index is 14.2. The van der Waals surface area contributed by atoms with Crippen LogP contribution in [0.25, 0.3) is 0 Å². The lowest BCUT2D eigenvalue weighted by atomic mass is 10.2. The number of carbonyl (C=O) groups is 2. The van der Waals surface area contributed by atoms with Gasteiger partial charge in [-0.15, -0.1) is 0 Å². The number of amides is 2. The van der Waals surface area contributed by atoms with Crippen molar-refractivity contribution >= 4 is 63.3 Å². The molecule has 0 aliphatic carbocycles. The van der Waals surface area contributed by atoms with Gasteiger partial charge in [0.25, 0.3) is 5.91 Å². The van der Waals surface area contributed by atoms with Crippen LogP contribution >= 0.6 is 23.5 Å². The standard InChI is InChI=1S/C34H41N7O3S2/c1-7-35-26-15-13-24(36-30(42)22-39(4)5)19-27(26)37-34-41(21-23-11-9-8-10-12-23)32(43)31(46-34)33-40(6)28-20-25(14-16-29(28)45-33)44-18-17-38(2)3/h8-16,19-20,35H,7,17-18,21-22H2,1-6H3,(H,36,42). The number of hydrogen-bond acceptors (Lipinski definition) is 10. The summed E-state index contributed by atoms with van der Waals surface area (Å²) in [5.41, 5.74) is 4.09. The first kappa shape index (κ1) is 33.4. The number of likely N-dealkylation sites (N-methyl/N-ethyl adjacent to an activating group) is 2. The Morgan fingerprint density at radius 2 is 1.76 bits per heavy atom. The first-order valence-corrected chi connectivity index (χ1v) is 16.8. The van der Waals surface area contributed by atoms with Gasteiger partial charge in [0, 0.05) is 36.8 Å². The van der Waals surface area contributed by atoms with Gasteiger partial charge >= 0.3 is 0 Å². The first-order valence-electron chi connectivity index (χ1n) is 15.1. The number of rotatable bonds is 12. The average Bonchev–Trinajstić information content (AvgIpc) is 3.49. The van der Waals surface area contributed by atoms with Crippen LogP contribution in [0.15, 0.2) is 86.6 Å². The largest absolute Gasteiger partial charge is 0.492 e. The number of aliphatic imine (C=N–C) groups is 1. The van der Waals surface area contributed by atoms with E-state index in [4.69, 9.17) is 9.73 Å². The number of thioether (sulfide) groups is 2. The predicted molar refractivity (Wildman–Crippen MR) is 191 cm³/mol. The Kier molecular flexibility index (Phi) is 10.9. The van der Waals surface area contributed by atoms with E-state index in [1.54, 1.807) is 16.7 Å². The maximum atomic E-state index is 14.2. The number of amidine groups is 1. The van der Waals surface area contributed by atoms with E-state index in [9.17, 15) is 9.59 Å². The zero-order chi connectivity index (χ0) is 32.8. The average molecular weight is 660 g/mol. The van der Waals surface area contributed by atoms with Crippen LogP contribution in [0, 0.1) is 0 Å². The van der Waals surface area contributed by atoms with Crippen LogP contribution in [-0.4, -0.2) is 93.2 Å². The number of fused-ring (bicyclic) bond motifs is 1. The van der Waals surface area contributed by atoms with Crippen molar-refractivity contribution in [3.05, 3.63) is 82.2 Å². The molecule has 46 heavy (non-hydrogen) atoms. The Labute approximate surface area is 279 Å². The van der Waals surface area contributed by atoms with Gasteiger partial charge in [0.05, 0.1) is 35.2 Å². The summed E-state index contributed by atoms with van der Waals surface area (Å²) in [6, 6.07) is 21.6. The monoisotopic (exact) mass is 659 g/mol. The van der Waals surface area contributed by atoms with E-state index >= 15 is 0 Å². The van der Waals surface area contributed by atoms with E-state index in [-0.39, 0.29) is 18.4 Å². The van der Waals surface area contributed by atoms with Gasteiger partial charge in [-0.2, -0.15) is 0 Å². The van der Waals surface area contributed by atoms with Crippen LogP contribution in [0.2, 0.25) is 0 Å². The third-order valence-corrected chi connectivity index (χ3v) is 9.61. The molecule has 2 amide bonds. The summed E-state index contributed by atoms with van der Waals surface area (Å²) < 4.78 is 5.99. The van der Waals surface area contributed by atoms with Gasteiger partial charge < -0.3 is 30.1 Å². The lowest BCUT2D eigenvalue weighted by molar-refractivity contribution is -0.122. The SMILES string of the molecule is CCNc1ccc(NC(=O)CN(C)C)cc1N=C1SC(=C2Sc3ccc(OCCN(C)C)cc3N2C)C(=O)N1Cc1ccccc1. The Morgan fingerprint density at radius 3 is 2.48 bits per heavy atom. The molecule has 0 saturated carbocycles. The predicted octanol–water partition coefficient (Wildman–Crippen LogP) is 5.73. The second-order valence-electron chi connectivity index (χ2n) is 11.5. The quantitative estimate of drug-likeness (QED) is 0.237. The van der Waals surface area contributed by atoms with E-state index < -0.39 is 0 Å². The second-order valence-corrected chi connectivity index (χ2v) is 13.5. The minimum Gasteiger partial charge on any atom is -0.492 e. The number of ether oxygens (including phenoxy) is 1. The van der Waals surface area contributed by atoms with Crippen LogP contribution in [0.5, 0.6) is 5.75 Å². The summed E-state index contributed by atoms with van der Waals surface area (Å²) in [6.45, 7) is 4.77. The fourth-order valence-electron chi connectivity index (χ4n) is 4.92. The second kappa shape index (κ2) is 15.1. The van der Waals surface area contributed by atoms with Gasteiger partial charge in [-0.05, 0) is 82.8 Å². The van der Waals surface area contributed by atoms with E-state index in [1.165, 1.54) is 11.8 Å². The zero-order valence-corrected chi connectivity index (χ0v) is 28.8. The third kappa shape index (κ3) is 8.05. The molecule has 5 rings (SSSR count). The Bertz CT molecular complexity index is 1640. The number of anilines is 3. The van der Waals surface area contributed by atoms with Crippen LogP contribution in [-0.2, 0) is 16.1 Å². The van der Waals surface area contributed by atoms with Crippen LogP contribution in [0.1, 0.15) is 12.5 Å². The highest BCUT2D eigenvalue weighted by Gasteiger charge is 2.39. The first-order chi connectivity index (χ1) is 22.1. The normalized spacial score (nSPS) is 17.0. The number of hydrogen-bond donors (Lipinski definition) is 2. The number of nitrogens with zero attached hydrogens (tertiary/aromatic N) is 5. The summed E-state index contributed by atoms with van der Waals surface area (Å²) in [4.78, 5) is 41.2. The van der Waals surface area contributed by atoms with Gasteiger partial charge in [-0.25, -0.2) is 4.99 Å². The number of nitrogens with one attached hydrogen (secondary N) is 2. The van der Waals surface area contributed by atoms with Gasteiger partial charge in [0.1, 0.15) is 17.3 Å². The molecule has 242 valence electrons. The molecule has 3 aromatic rings.